The fourth-order valence-electron chi connectivity index (χ4n) is 3.95. The fraction of sp³-hybridized carbons (Fsp3) is 0.650. The van der Waals surface area contributed by atoms with Crippen LogP contribution in [-0.2, 0) is 9.53 Å². The van der Waals surface area contributed by atoms with E-state index in [4.69, 9.17) is 4.74 Å². The topological polar surface area (TPSA) is 41.6 Å². The monoisotopic (exact) mass is 330 g/mol. The number of carbonyl (C=O) groups is 1. The van der Waals surface area contributed by atoms with Crippen molar-refractivity contribution in [1.82, 2.24) is 10.2 Å². The minimum atomic E-state index is 0.000497. The molecule has 2 aliphatic heterocycles. The number of morpholine rings is 1. The molecule has 2 aliphatic rings. The van der Waals surface area contributed by atoms with Gasteiger partial charge in [0.05, 0.1) is 19.2 Å². The minimum absolute atomic E-state index is 0.000497. The lowest BCUT2D eigenvalue weighted by molar-refractivity contribution is -0.145. The van der Waals surface area contributed by atoms with Gasteiger partial charge in [0.25, 0.3) is 0 Å². The molecule has 4 heteroatoms. The van der Waals surface area contributed by atoms with E-state index in [1.165, 1.54) is 12.8 Å². The van der Waals surface area contributed by atoms with Gasteiger partial charge in [-0.1, -0.05) is 37.3 Å². The molecule has 4 nitrogen and oxygen atoms in total. The summed E-state index contributed by atoms with van der Waals surface area (Å²) in [5, 5.41) is 3.41. The van der Waals surface area contributed by atoms with Crippen LogP contribution < -0.4 is 5.32 Å². The molecule has 0 spiro atoms. The molecule has 1 aromatic carbocycles. The summed E-state index contributed by atoms with van der Waals surface area (Å²) in [6, 6.07) is 10.4. The van der Waals surface area contributed by atoms with Crippen LogP contribution in [0.2, 0.25) is 0 Å². The van der Waals surface area contributed by atoms with Crippen molar-refractivity contribution in [3.63, 3.8) is 0 Å². The summed E-state index contributed by atoms with van der Waals surface area (Å²) in [4.78, 5) is 14.9. The molecule has 0 aliphatic carbocycles. The quantitative estimate of drug-likeness (QED) is 0.923. The van der Waals surface area contributed by atoms with Gasteiger partial charge in [0.2, 0.25) is 5.91 Å². The second kappa shape index (κ2) is 8.13. The Balaban J connectivity index is 1.60. The minimum Gasteiger partial charge on any atom is -0.370 e. The Bertz CT molecular complexity index is 528. The van der Waals surface area contributed by atoms with Gasteiger partial charge in [0.15, 0.2) is 0 Å². The summed E-state index contributed by atoms with van der Waals surface area (Å²) in [5.41, 5.74) is 1.16. The third-order valence-corrected chi connectivity index (χ3v) is 5.61. The Morgan fingerprint density at radius 2 is 2.00 bits per heavy atom. The molecule has 1 aromatic rings. The molecule has 3 atom stereocenters. The highest BCUT2D eigenvalue weighted by atomic mass is 16.5. The molecule has 2 saturated heterocycles. The van der Waals surface area contributed by atoms with Gasteiger partial charge in [-0.15, -0.1) is 0 Å². The van der Waals surface area contributed by atoms with E-state index in [-0.39, 0.29) is 18.1 Å². The van der Waals surface area contributed by atoms with Gasteiger partial charge in [0.1, 0.15) is 6.10 Å². The molecule has 2 heterocycles. The van der Waals surface area contributed by atoms with Crippen LogP contribution in [0.3, 0.4) is 0 Å². The maximum absolute atomic E-state index is 12.9. The van der Waals surface area contributed by atoms with Crippen LogP contribution >= 0.6 is 0 Å². The molecule has 132 valence electrons. The predicted octanol–water partition coefficient (Wildman–Crippen LogP) is 3.00. The summed E-state index contributed by atoms with van der Waals surface area (Å²) in [6.45, 7) is 7.80. The largest absolute Gasteiger partial charge is 0.370 e. The number of nitrogens with zero attached hydrogens (tertiary/aromatic N) is 1. The molecule has 1 N–H and O–H groups in total. The first kappa shape index (κ1) is 17.4. The number of amides is 1. The Morgan fingerprint density at radius 3 is 2.71 bits per heavy atom. The number of piperidine rings is 1. The van der Waals surface area contributed by atoms with E-state index in [1.807, 2.05) is 23.1 Å². The molecule has 0 saturated carbocycles. The van der Waals surface area contributed by atoms with Crippen LogP contribution in [0.25, 0.3) is 0 Å². The van der Waals surface area contributed by atoms with Gasteiger partial charge in [0, 0.05) is 6.42 Å². The van der Waals surface area contributed by atoms with Crippen molar-refractivity contribution in [1.29, 1.82) is 0 Å². The van der Waals surface area contributed by atoms with E-state index < -0.39 is 0 Å². The van der Waals surface area contributed by atoms with E-state index in [2.05, 4.69) is 31.3 Å². The number of hydrogen-bond acceptors (Lipinski definition) is 3. The molecule has 3 rings (SSSR count). The van der Waals surface area contributed by atoms with Crippen molar-refractivity contribution in [2.24, 2.45) is 11.8 Å². The Labute approximate surface area is 145 Å². The van der Waals surface area contributed by atoms with E-state index in [9.17, 15) is 4.79 Å². The van der Waals surface area contributed by atoms with Crippen LogP contribution in [0.4, 0.5) is 0 Å². The summed E-state index contributed by atoms with van der Waals surface area (Å²) in [6.07, 6.45) is 3.05. The Kier molecular flexibility index (Phi) is 5.90. The highest BCUT2D eigenvalue weighted by Crippen LogP contribution is 2.28. The number of benzene rings is 1. The molecular weight excluding hydrogens is 300 g/mol. The second-order valence-corrected chi connectivity index (χ2v) is 7.40. The molecule has 3 unspecified atom stereocenters. The first-order valence-corrected chi connectivity index (χ1v) is 9.32. The summed E-state index contributed by atoms with van der Waals surface area (Å²) in [7, 11) is 0. The third kappa shape index (κ3) is 4.17. The molecular formula is C20H30N2O2. The highest BCUT2D eigenvalue weighted by Gasteiger charge is 2.32. The summed E-state index contributed by atoms with van der Waals surface area (Å²) in [5.74, 6) is 1.43. The number of carbonyl (C=O) groups excluding carboxylic acids is 1. The van der Waals surface area contributed by atoms with Crippen molar-refractivity contribution in [2.45, 2.75) is 45.3 Å². The first-order chi connectivity index (χ1) is 11.6. The van der Waals surface area contributed by atoms with E-state index in [1.54, 1.807) is 0 Å². The van der Waals surface area contributed by atoms with Crippen molar-refractivity contribution in [3.05, 3.63) is 35.9 Å². The van der Waals surface area contributed by atoms with Crippen LogP contribution in [0.1, 0.15) is 44.8 Å². The maximum atomic E-state index is 12.9. The molecule has 2 fully saturated rings. The standard InChI is InChI=1S/C20H30N2O2/c1-15(17-8-10-21-11-9-17)12-20(23)22-13-19(24-14-16(22)2)18-6-4-3-5-7-18/h3-7,15-17,19,21H,8-14H2,1-2H3. The number of rotatable bonds is 4. The van der Waals surface area contributed by atoms with E-state index in [0.29, 0.717) is 31.4 Å². The normalized spacial score (nSPS) is 27.0. The predicted molar refractivity (Wildman–Crippen MR) is 95.7 cm³/mol. The van der Waals surface area contributed by atoms with E-state index >= 15 is 0 Å². The van der Waals surface area contributed by atoms with Crippen molar-refractivity contribution in [2.75, 3.05) is 26.2 Å². The highest BCUT2D eigenvalue weighted by molar-refractivity contribution is 5.77. The lowest BCUT2D eigenvalue weighted by Crippen LogP contribution is -2.49. The average Bonchev–Trinajstić information content (AvgIpc) is 2.63. The first-order valence-electron chi connectivity index (χ1n) is 9.32. The second-order valence-electron chi connectivity index (χ2n) is 7.40. The number of ether oxygens (including phenoxy) is 1. The molecule has 1 amide bonds. The van der Waals surface area contributed by atoms with Gasteiger partial charge >= 0.3 is 0 Å². The zero-order valence-corrected chi connectivity index (χ0v) is 14.9. The summed E-state index contributed by atoms with van der Waals surface area (Å²) < 4.78 is 5.98. The van der Waals surface area contributed by atoms with Crippen molar-refractivity contribution in [3.8, 4) is 0 Å². The van der Waals surface area contributed by atoms with Gasteiger partial charge in [-0.2, -0.15) is 0 Å². The SMILES string of the molecule is CC(CC(=O)N1CC(c2ccccc2)OCC1C)C1CCNCC1. The van der Waals surface area contributed by atoms with Crippen molar-refractivity contribution < 1.29 is 9.53 Å². The smallest absolute Gasteiger partial charge is 0.223 e. The number of hydrogen-bond donors (Lipinski definition) is 1. The Morgan fingerprint density at radius 1 is 1.29 bits per heavy atom. The van der Waals surface area contributed by atoms with Gasteiger partial charge in [-0.05, 0) is 50.3 Å². The zero-order valence-electron chi connectivity index (χ0n) is 14.9. The third-order valence-electron chi connectivity index (χ3n) is 5.61. The Hall–Kier alpha value is -1.39. The van der Waals surface area contributed by atoms with Crippen LogP contribution in [0.5, 0.6) is 0 Å². The van der Waals surface area contributed by atoms with Gasteiger partial charge in [-0.3, -0.25) is 4.79 Å². The average molecular weight is 330 g/mol. The lowest BCUT2D eigenvalue weighted by Gasteiger charge is -2.39. The lowest BCUT2D eigenvalue weighted by atomic mass is 9.84. The molecule has 0 aromatic heterocycles. The molecule has 0 bridgehead atoms. The molecule has 0 radical (unpaired) electrons. The van der Waals surface area contributed by atoms with Gasteiger partial charge in [-0.25, -0.2) is 0 Å². The van der Waals surface area contributed by atoms with Crippen LogP contribution in [0.15, 0.2) is 30.3 Å². The summed E-state index contributed by atoms with van der Waals surface area (Å²) >= 11 is 0. The maximum Gasteiger partial charge on any atom is 0.223 e. The van der Waals surface area contributed by atoms with Gasteiger partial charge < -0.3 is 15.0 Å². The van der Waals surface area contributed by atoms with Crippen LogP contribution in [0, 0.1) is 11.8 Å². The fourth-order valence-corrected chi connectivity index (χ4v) is 3.95. The van der Waals surface area contributed by atoms with Crippen LogP contribution in [-0.4, -0.2) is 43.1 Å². The number of nitrogens with one attached hydrogen (secondary N) is 1. The van der Waals surface area contributed by atoms with Crippen molar-refractivity contribution >= 4 is 5.91 Å². The zero-order chi connectivity index (χ0) is 16.9. The molecule has 24 heavy (non-hydrogen) atoms. The van der Waals surface area contributed by atoms with E-state index in [0.717, 1.165) is 18.7 Å².